The third kappa shape index (κ3) is 3.18. The molecule has 2 aromatic carbocycles. The van der Waals surface area contributed by atoms with Crippen LogP contribution >= 0.6 is 0 Å². The van der Waals surface area contributed by atoms with Gasteiger partial charge in [-0.2, -0.15) is 5.10 Å². The average Bonchev–Trinajstić information content (AvgIpc) is 3.49. The van der Waals surface area contributed by atoms with Crippen molar-refractivity contribution in [1.82, 2.24) is 24.6 Å². The summed E-state index contributed by atoms with van der Waals surface area (Å²) in [6, 6.07) is 15.8. The number of halogens is 1. The van der Waals surface area contributed by atoms with Gasteiger partial charge in [0.25, 0.3) is 5.91 Å². The zero-order valence-corrected chi connectivity index (χ0v) is 16.2. The summed E-state index contributed by atoms with van der Waals surface area (Å²) in [7, 11) is 0. The van der Waals surface area contributed by atoms with E-state index in [-0.39, 0.29) is 17.8 Å². The Labute approximate surface area is 173 Å². The molecule has 0 saturated heterocycles. The number of hydrogen-bond acceptors (Lipinski definition) is 3. The minimum atomic E-state index is -0.315. The molecule has 0 bridgehead atoms. The predicted molar refractivity (Wildman–Crippen MR) is 110 cm³/mol. The normalized spacial score (nSPS) is 15.6. The first-order chi connectivity index (χ1) is 14.7. The van der Waals surface area contributed by atoms with Gasteiger partial charge in [0, 0.05) is 36.6 Å². The van der Waals surface area contributed by atoms with Gasteiger partial charge in [-0.1, -0.05) is 42.5 Å². The standard InChI is InChI=1S/C23H20FN5O/c24-18-9-7-17(8-10-18)22-19-20(16-5-2-1-3-6-16)26-27-21(19)23(30)29(22)13-4-12-28-14-11-25-15-28/h1-3,5-11,14-15,22H,4,12-13H2,(H,26,27). The van der Waals surface area contributed by atoms with Crippen LogP contribution < -0.4 is 0 Å². The van der Waals surface area contributed by atoms with Crippen LogP contribution in [0.25, 0.3) is 11.3 Å². The number of carbonyl (C=O) groups excluding carboxylic acids is 1. The lowest BCUT2D eigenvalue weighted by Gasteiger charge is -2.26. The molecule has 4 aromatic rings. The van der Waals surface area contributed by atoms with Gasteiger partial charge in [-0.15, -0.1) is 0 Å². The van der Waals surface area contributed by atoms with Crippen molar-refractivity contribution in [1.29, 1.82) is 0 Å². The summed E-state index contributed by atoms with van der Waals surface area (Å²) in [5.74, 6) is -0.384. The molecule has 1 unspecified atom stereocenters. The second-order valence-electron chi connectivity index (χ2n) is 7.33. The van der Waals surface area contributed by atoms with E-state index >= 15 is 0 Å². The Morgan fingerprint density at radius 1 is 1.03 bits per heavy atom. The number of fused-ring (bicyclic) bond motifs is 1. The van der Waals surface area contributed by atoms with Gasteiger partial charge < -0.3 is 9.47 Å². The van der Waals surface area contributed by atoms with E-state index in [1.165, 1.54) is 12.1 Å². The van der Waals surface area contributed by atoms with Crippen LogP contribution in [0.4, 0.5) is 4.39 Å². The molecule has 6 nitrogen and oxygen atoms in total. The molecule has 0 fully saturated rings. The van der Waals surface area contributed by atoms with Crippen molar-refractivity contribution in [3.8, 4) is 11.3 Å². The van der Waals surface area contributed by atoms with Crippen LogP contribution in [-0.2, 0) is 6.54 Å². The van der Waals surface area contributed by atoms with Crippen molar-refractivity contribution < 1.29 is 9.18 Å². The largest absolute Gasteiger partial charge is 0.337 e. The number of H-pyrrole nitrogens is 1. The highest BCUT2D eigenvalue weighted by atomic mass is 19.1. The highest BCUT2D eigenvalue weighted by Gasteiger charge is 2.41. The molecule has 2 aromatic heterocycles. The first kappa shape index (κ1) is 18.3. The minimum absolute atomic E-state index is 0.0837. The molecule has 150 valence electrons. The molecule has 0 saturated carbocycles. The zero-order chi connectivity index (χ0) is 20.5. The number of amides is 1. The smallest absolute Gasteiger partial charge is 0.273 e. The summed E-state index contributed by atoms with van der Waals surface area (Å²) < 4.78 is 15.6. The lowest BCUT2D eigenvalue weighted by molar-refractivity contribution is 0.0739. The average molecular weight is 401 g/mol. The Bertz CT molecular complexity index is 1150. The molecule has 5 rings (SSSR count). The molecule has 3 heterocycles. The number of aromatic amines is 1. The van der Waals surface area contributed by atoms with Gasteiger partial charge in [0.15, 0.2) is 0 Å². The number of imidazole rings is 1. The fourth-order valence-electron chi connectivity index (χ4n) is 4.08. The van der Waals surface area contributed by atoms with E-state index in [0.717, 1.165) is 35.3 Å². The van der Waals surface area contributed by atoms with E-state index in [2.05, 4.69) is 15.2 Å². The first-order valence-electron chi connectivity index (χ1n) is 9.88. The van der Waals surface area contributed by atoms with E-state index < -0.39 is 0 Å². The van der Waals surface area contributed by atoms with Crippen LogP contribution in [0.1, 0.15) is 34.1 Å². The Balaban J connectivity index is 1.52. The van der Waals surface area contributed by atoms with Crippen molar-refractivity contribution in [3.63, 3.8) is 0 Å². The van der Waals surface area contributed by atoms with Gasteiger partial charge >= 0.3 is 0 Å². The van der Waals surface area contributed by atoms with Crippen LogP contribution in [-0.4, -0.2) is 37.1 Å². The second kappa shape index (κ2) is 7.59. The number of nitrogens with one attached hydrogen (secondary N) is 1. The first-order valence-corrected chi connectivity index (χ1v) is 9.88. The third-order valence-corrected chi connectivity index (χ3v) is 5.47. The number of hydrogen-bond donors (Lipinski definition) is 1. The summed E-state index contributed by atoms with van der Waals surface area (Å²) in [4.78, 5) is 19.2. The highest BCUT2D eigenvalue weighted by molar-refractivity contribution is 6.00. The topological polar surface area (TPSA) is 66.8 Å². The van der Waals surface area contributed by atoms with Crippen LogP contribution in [0, 0.1) is 5.82 Å². The number of rotatable bonds is 6. The number of aryl methyl sites for hydroxylation is 1. The molecular formula is C23H20FN5O. The molecule has 1 aliphatic heterocycles. The summed E-state index contributed by atoms with van der Waals surface area (Å²) in [6.07, 6.45) is 6.19. The predicted octanol–water partition coefficient (Wildman–Crippen LogP) is 4.05. The van der Waals surface area contributed by atoms with Crippen LogP contribution in [0.5, 0.6) is 0 Å². The van der Waals surface area contributed by atoms with Gasteiger partial charge in [0.2, 0.25) is 0 Å². The SMILES string of the molecule is O=C1c2[nH]nc(-c3ccccc3)c2C(c2ccc(F)cc2)N1CCCn1ccnc1. The lowest BCUT2D eigenvalue weighted by atomic mass is 9.96. The molecule has 0 aliphatic carbocycles. The van der Waals surface area contributed by atoms with Crippen LogP contribution in [0.2, 0.25) is 0 Å². The number of benzene rings is 2. The fourth-order valence-corrected chi connectivity index (χ4v) is 4.08. The monoisotopic (exact) mass is 401 g/mol. The molecule has 1 amide bonds. The van der Waals surface area contributed by atoms with E-state index in [1.807, 2.05) is 46.0 Å². The molecule has 0 radical (unpaired) electrons. The molecular weight excluding hydrogens is 381 g/mol. The molecule has 1 atom stereocenters. The summed E-state index contributed by atoms with van der Waals surface area (Å²) in [5, 5.41) is 7.40. The van der Waals surface area contributed by atoms with E-state index in [0.29, 0.717) is 12.2 Å². The second-order valence-corrected chi connectivity index (χ2v) is 7.33. The highest BCUT2D eigenvalue weighted by Crippen LogP contribution is 2.42. The van der Waals surface area contributed by atoms with Gasteiger partial charge in [0.05, 0.1) is 18.1 Å². The van der Waals surface area contributed by atoms with Crippen LogP contribution in [0.15, 0.2) is 73.3 Å². The number of carbonyl (C=O) groups is 1. The Hall–Kier alpha value is -3.74. The van der Waals surface area contributed by atoms with Crippen molar-refractivity contribution >= 4 is 5.91 Å². The quantitative estimate of drug-likeness (QED) is 0.530. The van der Waals surface area contributed by atoms with Gasteiger partial charge in [-0.25, -0.2) is 9.37 Å². The van der Waals surface area contributed by atoms with Crippen molar-refractivity contribution in [2.45, 2.75) is 19.0 Å². The fraction of sp³-hybridized carbons (Fsp3) is 0.174. The Kier molecular flexibility index (Phi) is 4.63. The molecule has 0 spiro atoms. The van der Waals surface area contributed by atoms with Crippen LogP contribution in [0.3, 0.4) is 0 Å². The van der Waals surface area contributed by atoms with Crippen molar-refractivity contribution in [2.75, 3.05) is 6.54 Å². The molecule has 7 heteroatoms. The number of aromatic nitrogens is 4. The maximum absolute atomic E-state index is 13.6. The van der Waals surface area contributed by atoms with Gasteiger partial charge in [0.1, 0.15) is 11.5 Å². The van der Waals surface area contributed by atoms with E-state index in [9.17, 15) is 9.18 Å². The van der Waals surface area contributed by atoms with Gasteiger partial charge in [-0.3, -0.25) is 9.89 Å². The van der Waals surface area contributed by atoms with Crippen molar-refractivity contribution in [3.05, 3.63) is 96.0 Å². The number of nitrogens with zero attached hydrogens (tertiary/aromatic N) is 4. The summed E-state index contributed by atoms with van der Waals surface area (Å²) in [5.41, 5.74) is 3.91. The third-order valence-electron chi connectivity index (χ3n) is 5.47. The molecule has 30 heavy (non-hydrogen) atoms. The summed E-state index contributed by atoms with van der Waals surface area (Å²) in [6.45, 7) is 1.33. The Morgan fingerprint density at radius 3 is 2.57 bits per heavy atom. The molecule has 1 N–H and O–H groups in total. The van der Waals surface area contributed by atoms with E-state index in [4.69, 9.17) is 0 Å². The van der Waals surface area contributed by atoms with Crippen molar-refractivity contribution in [2.24, 2.45) is 0 Å². The zero-order valence-electron chi connectivity index (χ0n) is 16.2. The molecule has 1 aliphatic rings. The maximum Gasteiger partial charge on any atom is 0.273 e. The lowest BCUT2D eigenvalue weighted by Crippen LogP contribution is -2.31. The Morgan fingerprint density at radius 2 is 1.83 bits per heavy atom. The summed E-state index contributed by atoms with van der Waals surface area (Å²) >= 11 is 0. The minimum Gasteiger partial charge on any atom is -0.337 e. The van der Waals surface area contributed by atoms with Gasteiger partial charge in [-0.05, 0) is 24.1 Å². The van der Waals surface area contributed by atoms with E-state index in [1.54, 1.807) is 24.7 Å². The maximum atomic E-state index is 13.6.